The van der Waals surface area contributed by atoms with Gasteiger partial charge in [0.1, 0.15) is 0 Å². The molecule has 1 amide bonds. The van der Waals surface area contributed by atoms with Crippen molar-refractivity contribution in [2.75, 3.05) is 18.5 Å². The highest BCUT2D eigenvalue weighted by Gasteiger charge is 2.49. The van der Waals surface area contributed by atoms with Gasteiger partial charge in [-0.15, -0.1) is 0 Å². The molecule has 0 bridgehead atoms. The molecule has 0 aromatic heterocycles. The van der Waals surface area contributed by atoms with E-state index in [-0.39, 0.29) is 11.7 Å². The second-order valence-electron chi connectivity index (χ2n) is 5.99. The molecular formula is C18H18ClN5O. The number of fused-ring (bicyclic) bond motifs is 1. The molecule has 6 nitrogen and oxygen atoms in total. The van der Waals surface area contributed by atoms with Crippen LogP contribution < -0.4 is 16.2 Å². The average molecular weight is 356 g/mol. The summed E-state index contributed by atoms with van der Waals surface area (Å²) in [5, 5.41) is 4.07. The van der Waals surface area contributed by atoms with E-state index in [9.17, 15) is 4.79 Å². The van der Waals surface area contributed by atoms with E-state index in [4.69, 9.17) is 16.6 Å². The lowest BCUT2D eigenvalue weighted by atomic mass is 10.0. The number of nitrogens with zero attached hydrogens (tertiary/aromatic N) is 2. The number of hydrogen-bond acceptors (Lipinski definition) is 5. The Labute approximate surface area is 150 Å². The summed E-state index contributed by atoms with van der Waals surface area (Å²) >= 11 is 5.89. The van der Waals surface area contributed by atoms with Gasteiger partial charge < -0.3 is 0 Å². The quantitative estimate of drug-likeness (QED) is 0.739. The molecule has 4 rings (SSSR count). The van der Waals surface area contributed by atoms with Crippen LogP contribution in [0, 0.1) is 0 Å². The van der Waals surface area contributed by atoms with Crippen molar-refractivity contribution >= 4 is 29.0 Å². The minimum atomic E-state index is -0.833. The molecule has 1 fully saturated rings. The molecule has 2 aliphatic heterocycles. The molecule has 7 heteroatoms. The second kappa shape index (κ2) is 6.38. The molecule has 2 aromatic carbocycles. The predicted octanol–water partition coefficient (Wildman–Crippen LogP) is 2.30. The maximum absolute atomic E-state index is 12.8. The van der Waals surface area contributed by atoms with E-state index >= 15 is 0 Å². The van der Waals surface area contributed by atoms with Crippen molar-refractivity contribution in [3.05, 3.63) is 65.2 Å². The lowest BCUT2D eigenvalue weighted by molar-refractivity contribution is -0.131. The van der Waals surface area contributed by atoms with Crippen LogP contribution in [-0.4, -0.2) is 29.7 Å². The van der Waals surface area contributed by atoms with Gasteiger partial charge in [-0.1, -0.05) is 41.9 Å². The van der Waals surface area contributed by atoms with Crippen molar-refractivity contribution in [2.45, 2.75) is 12.2 Å². The first-order valence-corrected chi connectivity index (χ1v) is 8.57. The zero-order valence-corrected chi connectivity index (χ0v) is 14.3. The second-order valence-corrected chi connectivity index (χ2v) is 6.43. The lowest BCUT2D eigenvalue weighted by Crippen LogP contribution is -2.58. The number of nitrogens with one attached hydrogen (secondary N) is 3. The third-order valence-electron chi connectivity index (χ3n) is 4.39. The fourth-order valence-electron chi connectivity index (χ4n) is 3.18. The Morgan fingerprint density at radius 1 is 1.08 bits per heavy atom. The smallest absolute Gasteiger partial charge is 0.294 e. The van der Waals surface area contributed by atoms with Gasteiger partial charge >= 0.3 is 0 Å². The van der Waals surface area contributed by atoms with E-state index in [1.54, 1.807) is 17.0 Å². The summed E-state index contributed by atoms with van der Waals surface area (Å²) in [6.45, 7) is 1.47. The summed E-state index contributed by atoms with van der Waals surface area (Å²) in [6.07, 6.45) is 0.897. The van der Waals surface area contributed by atoms with E-state index in [1.807, 2.05) is 42.5 Å². The van der Waals surface area contributed by atoms with Crippen LogP contribution in [0.2, 0.25) is 5.02 Å². The van der Waals surface area contributed by atoms with Crippen molar-refractivity contribution in [2.24, 2.45) is 4.99 Å². The summed E-state index contributed by atoms with van der Waals surface area (Å²) in [5.74, 6) is -0.675. The topological polar surface area (TPSA) is 68.8 Å². The van der Waals surface area contributed by atoms with Gasteiger partial charge in [0.25, 0.3) is 5.91 Å². The number of halogens is 1. The van der Waals surface area contributed by atoms with Gasteiger partial charge in [-0.05, 0) is 30.7 Å². The Bertz CT molecular complexity index is 808. The highest BCUT2D eigenvalue weighted by molar-refractivity contribution is 6.39. The first kappa shape index (κ1) is 15.9. The highest BCUT2D eigenvalue weighted by atomic mass is 35.5. The number of hydrazine groups is 1. The summed E-state index contributed by atoms with van der Waals surface area (Å²) < 4.78 is 0. The zero-order valence-electron chi connectivity index (χ0n) is 13.5. The lowest BCUT2D eigenvalue weighted by Gasteiger charge is -2.40. The first-order chi connectivity index (χ1) is 12.2. The van der Waals surface area contributed by atoms with Gasteiger partial charge in [-0.2, -0.15) is 0 Å². The molecule has 2 aromatic rings. The minimum absolute atomic E-state index is 0.127. The normalized spacial score (nSPS) is 22.4. The van der Waals surface area contributed by atoms with Crippen LogP contribution in [0.4, 0.5) is 5.69 Å². The molecule has 2 heterocycles. The number of anilines is 1. The minimum Gasteiger partial charge on any atom is -0.299 e. The highest BCUT2D eigenvalue weighted by Crippen LogP contribution is 2.34. The summed E-state index contributed by atoms with van der Waals surface area (Å²) in [7, 11) is 0. The van der Waals surface area contributed by atoms with Gasteiger partial charge in [0.15, 0.2) is 0 Å². The maximum atomic E-state index is 12.8. The predicted molar refractivity (Wildman–Crippen MR) is 98.1 cm³/mol. The van der Waals surface area contributed by atoms with Crippen LogP contribution in [0.3, 0.4) is 0 Å². The van der Waals surface area contributed by atoms with E-state index in [2.05, 4.69) is 16.2 Å². The molecule has 0 radical (unpaired) electrons. The fraction of sp³-hybridized carbons (Fsp3) is 0.222. The van der Waals surface area contributed by atoms with Crippen molar-refractivity contribution in [3.63, 3.8) is 0 Å². The van der Waals surface area contributed by atoms with Crippen molar-refractivity contribution in [1.82, 2.24) is 15.6 Å². The van der Waals surface area contributed by atoms with Gasteiger partial charge in [0.2, 0.25) is 11.6 Å². The monoisotopic (exact) mass is 355 g/mol. The molecular weight excluding hydrogens is 338 g/mol. The van der Waals surface area contributed by atoms with E-state index in [0.717, 1.165) is 24.2 Å². The van der Waals surface area contributed by atoms with Crippen LogP contribution in [0.1, 0.15) is 12.0 Å². The molecule has 0 spiro atoms. The molecule has 3 N–H and O–H groups in total. The van der Waals surface area contributed by atoms with Gasteiger partial charge in [-0.25, -0.2) is 4.99 Å². The number of aliphatic imine (C=N–C) groups is 1. The molecule has 0 aliphatic carbocycles. The summed E-state index contributed by atoms with van der Waals surface area (Å²) in [4.78, 5) is 19.3. The molecule has 128 valence electrons. The third kappa shape index (κ3) is 2.83. The summed E-state index contributed by atoms with van der Waals surface area (Å²) in [5.41, 5.74) is 7.70. The molecule has 1 saturated heterocycles. The standard InChI is InChI=1S/C18H18ClN5O/c19-14-7-9-15(10-8-14)22-23-16-17(25)24-12-4-11-20-18(24,21-16)13-5-2-1-3-6-13/h1-3,5-10,20,22H,4,11-12H2,(H,21,23). The zero-order chi connectivity index (χ0) is 17.3. The Kier molecular flexibility index (Phi) is 4.07. The van der Waals surface area contributed by atoms with Crippen molar-refractivity contribution in [3.8, 4) is 0 Å². The number of rotatable bonds is 3. The number of carbonyl (C=O) groups excluding carboxylic acids is 1. The van der Waals surface area contributed by atoms with E-state index < -0.39 is 5.79 Å². The van der Waals surface area contributed by atoms with Crippen LogP contribution in [-0.2, 0) is 10.6 Å². The van der Waals surface area contributed by atoms with Crippen LogP contribution in [0.15, 0.2) is 59.6 Å². The Hall–Kier alpha value is -2.57. The van der Waals surface area contributed by atoms with E-state index in [0.29, 0.717) is 11.6 Å². The largest absolute Gasteiger partial charge is 0.299 e. The van der Waals surface area contributed by atoms with Gasteiger partial charge in [0, 0.05) is 23.7 Å². The van der Waals surface area contributed by atoms with Gasteiger partial charge in [-0.3, -0.25) is 25.9 Å². The van der Waals surface area contributed by atoms with Crippen LogP contribution >= 0.6 is 11.6 Å². The molecule has 0 saturated carbocycles. The molecule has 2 aliphatic rings. The number of benzene rings is 2. The molecule has 1 unspecified atom stereocenters. The number of carbonyl (C=O) groups is 1. The van der Waals surface area contributed by atoms with Crippen LogP contribution in [0.25, 0.3) is 0 Å². The fourth-order valence-corrected chi connectivity index (χ4v) is 3.31. The first-order valence-electron chi connectivity index (χ1n) is 8.19. The van der Waals surface area contributed by atoms with Crippen molar-refractivity contribution in [1.29, 1.82) is 0 Å². The Morgan fingerprint density at radius 2 is 1.84 bits per heavy atom. The Balaban J connectivity index is 1.61. The Morgan fingerprint density at radius 3 is 2.60 bits per heavy atom. The SMILES string of the molecule is O=C1C(NNc2ccc(Cl)cc2)=NC2(c3ccccc3)NCCCN12. The maximum Gasteiger partial charge on any atom is 0.294 e. The average Bonchev–Trinajstić information content (AvgIpc) is 2.96. The summed E-state index contributed by atoms with van der Waals surface area (Å²) in [6, 6.07) is 17.0. The third-order valence-corrected chi connectivity index (χ3v) is 4.64. The number of amidine groups is 1. The van der Waals surface area contributed by atoms with Gasteiger partial charge in [0.05, 0.1) is 5.69 Å². The van der Waals surface area contributed by atoms with Crippen molar-refractivity contribution < 1.29 is 4.79 Å². The number of hydrogen-bond donors (Lipinski definition) is 3. The molecule has 25 heavy (non-hydrogen) atoms. The molecule has 1 atom stereocenters. The number of amides is 1. The van der Waals surface area contributed by atoms with Crippen LogP contribution in [0.5, 0.6) is 0 Å². The van der Waals surface area contributed by atoms with E-state index in [1.165, 1.54) is 0 Å².